The molecule has 6 heteroatoms. The maximum atomic E-state index is 12.9. The van der Waals surface area contributed by atoms with E-state index in [0.717, 1.165) is 46.6 Å². The van der Waals surface area contributed by atoms with Crippen LogP contribution in [0.5, 0.6) is 5.75 Å². The van der Waals surface area contributed by atoms with Crippen LogP contribution in [-0.2, 0) is 0 Å². The van der Waals surface area contributed by atoms with E-state index in [1.54, 1.807) is 18.2 Å². The van der Waals surface area contributed by atoms with Crippen LogP contribution in [0.3, 0.4) is 0 Å². The van der Waals surface area contributed by atoms with Crippen molar-refractivity contribution >= 4 is 23.0 Å². The molecule has 1 atom stereocenters. The summed E-state index contributed by atoms with van der Waals surface area (Å²) in [6.07, 6.45) is 4.12. The predicted octanol–water partition coefficient (Wildman–Crippen LogP) is 5.98. The van der Waals surface area contributed by atoms with Gasteiger partial charge >= 0.3 is 5.97 Å². The number of anilines is 1. The second-order valence-electron chi connectivity index (χ2n) is 9.62. The number of carbonyl (C=O) groups is 2. The lowest BCUT2D eigenvalue weighted by Gasteiger charge is -2.31. The van der Waals surface area contributed by atoms with Gasteiger partial charge in [0.25, 0.3) is 0 Å². The zero-order valence-electron chi connectivity index (χ0n) is 21.8. The quantitative estimate of drug-likeness (QED) is 0.398. The van der Waals surface area contributed by atoms with Crippen LogP contribution < -0.4 is 15.4 Å². The van der Waals surface area contributed by atoms with Gasteiger partial charge < -0.3 is 20.5 Å². The molecule has 1 aliphatic carbocycles. The molecule has 188 valence electrons. The van der Waals surface area contributed by atoms with Crippen LogP contribution in [0.2, 0.25) is 0 Å². The van der Waals surface area contributed by atoms with Gasteiger partial charge in [-0.2, -0.15) is 0 Å². The Bertz CT molecular complexity index is 1330. The SMILES string of the molecule is CCNc1cc2c(cc1C)C(c1cc(C(=O)C(C)C)ccc1C(=O)O)=C1C=C(C)C(NCC)C=C1O2. The number of hydrogen-bond donors (Lipinski definition) is 3. The number of ether oxygens (including phenoxy) is 1. The van der Waals surface area contributed by atoms with Crippen LogP contribution in [0.4, 0.5) is 5.69 Å². The number of hydrogen-bond acceptors (Lipinski definition) is 5. The maximum Gasteiger partial charge on any atom is 0.336 e. The standard InChI is InChI=1S/C30H34N2O4/c1-7-31-24-14-26-22(11-17(24)5)28(23-12-18(6)25(32-8-2)15-27(23)36-26)21-13-19(29(33)16(3)4)9-10-20(21)30(34)35/h9-16,24,31-32H,7-8H2,1-6H3,(H,34,35). The summed E-state index contributed by atoms with van der Waals surface area (Å²) in [5.74, 6) is 0.0662. The Kier molecular flexibility index (Phi) is 7.18. The molecule has 0 saturated carbocycles. The molecule has 36 heavy (non-hydrogen) atoms. The first kappa shape index (κ1) is 25.5. The highest BCUT2D eigenvalue weighted by atomic mass is 16.5. The molecule has 2 aromatic carbocycles. The fourth-order valence-electron chi connectivity index (χ4n) is 4.81. The largest absolute Gasteiger partial charge is 0.478 e. The van der Waals surface area contributed by atoms with E-state index in [9.17, 15) is 14.7 Å². The van der Waals surface area contributed by atoms with E-state index in [1.165, 1.54) is 0 Å². The number of Topliss-reactive ketones (excluding diaryl/α,β-unsaturated/α-hetero) is 1. The lowest BCUT2D eigenvalue weighted by Crippen LogP contribution is -2.31. The number of carbonyl (C=O) groups excluding carboxylic acids is 1. The number of nitrogens with one attached hydrogen (secondary N) is 2. The van der Waals surface area contributed by atoms with Crippen molar-refractivity contribution in [2.75, 3.05) is 18.4 Å². The monoisotopic (exact) mass is 486 g/mol. The molecule has 0 spiro atoms. The third-order valence-corrected chi connectivity index (χ3v) is 6.65. The minimum atomic E-state index is -1.04. The Morgan fingerprint density at radius 1 is 1.06 bits per heavy atom. The van der Waals surface area contributed by atoms with E-state index in [0.29, 0.717) is 22.6 Å². The van der Waals surface area contributed by atoms with Crippen molar-refractivity contribution in [3.8, 4) is 5.75 Å². The lowest BCUT2D eigenvalue weighted by molar-refractivity contribution is 0.0696. The molecule has 1 aliphatic heterocycles. The number of carboxylic acids is 1. The van der Waals surface area contributed by atoms with Gasteiger partial charge in [-0.25, -0.2) is 4.79 Å². The number of fused-ring (bicyclic) bond motifs is 2. The van der Waals surface area contributed by atoms with Gasteiger partial charge in [-0.15, -0.1) is 0 Å². The van der Waals surface area contributed by atoms with Crippen molar-refractivity contribution in [3.63, 3.8) is 0 Å². The molecular weight excluding hydrogens is 452 g/mol. The lowest BCUT2D eigenvalue weighted by atomic mass is 9.82. The second kappa shape index (κ2) is 10.2. The number of carboxylic acid groups (broad SMARTS) is 1. The van der Waals surface area contributed by atoms with Gasteiger partial charge in [0, 0.05) is 46.5 Å². The van der Waals surface area contributed by atoms with Gasteiger partial charge in [0.2, 0.25) is 0 Å². The normalized spacial score (nSPS) is 16.6. The molecule has 0 bridgehead atoms. The van der Waals surface area contributed by atoms with Crippen LogP contribution in [-0.4, -0.2) is 36.0 Å². The van der Waals surface area contributed by atoms with Gasteiger partial charge in [-0.05, 0) is 68.8 Å². The first-order chi connectivity index (χ1) is 17.2. The predicted molar refractivity (Wildman–Crippen MR) is 144 cm³/mol. The third-order valence-electron chi connectivity index (χ3n) is 6.65. The number of likely N-dealkylation sites (N-methyl/N-ethyl adjacent to an activating group) is 1. The molecule has 1 unspecified atom stereocenters. The van der Waals surface area contributed by atoms with Crippen LogP contribution >= 0.6 is 0 Å². The van der Waals surface area contributed by atoms with E-state index < -0.39 is 5.97 Å². The highest BCUT2D eigenvalue weighted by molar-refractivity contribution is 6.04. The van der Waals surface area contributed by atoms with Gasteiger partial charge in [0.15, 0.2) is 5.78 Å². The van der Waals surface area contributed by atoms with E-state index in [1.807, 2.05) is 45.9 Å². The molecule has 0 radical (unpaired) electrons. The topological polar surface area (TPSA) is 87.7 Å². The Balaban J connectivity index is 2.06. The van der Waals surface area contributed by atoms with Crippen molar-refractivity contribution in [3.05, 3.63) is 87.2 Å². The first-order valence-corrected chi connectivity index (χ1v) is 12.5. The molecule has 0 amide bonds. The Hall–Kier alpha value is -3.64. The van der Waals surface area contributed by atoms with Gasteiger partial charge in [0.1, 0.15) is 11.5 Å². The average molecular weight is 487 g/mol. The van der Waals surface area contributed by atoms with E-state index >= 15 is 0 Å². The number of benzene rings is 2. The number of rotatable bonds is 8. The van der Waals surface area contributed by atoms with Gasteiger partial charge in [-0.1, -0.05) is 32.4 Å². The van der Waals surface area contributed by atoms with E-state index in [-0.39, 0.29) is 23.3 Å². The summed E-state index contributed by atoms with van der Waals surface area (Å²) in [6.45, 7) is 13.4. The molecule has 0 aromatic heterocycles. The van der Waals surface area contributed by atoms with Crippen molar-refractivity contribution in [1.82, 2.24) is 5.32 Å². The average Bonchev–Trinajstić information content (AvgIpc) is 2.83. The summed E-state index contributed by atoms with van der Waals surface area (Å²) in [5.41, 5.74) is 6.65. The van der Waals surface area contributed by atoms with Crippen LogP contribution in [0, 0.1) is 12.8 Å². The zero-order chi connectivity index (χ0) is 26.1. The summed E-state index contributed by atoms with van der Waals surface area (Å²) >= 11 is 0. The molecule has 6 nitrogen and oxygen atoms in total. The maximum absolute atomic E-state index is 12.9. The van der Waals surface area contributed by atoms with Gasteiger partial charge in [0.05, 0.1) is 11.6 Å². The Morgan fingerprint density at radius 2 is 1.81 bits per heavy atom. The molecule has 0 saturated heterocycles. The van der Waals surface area contributed by atoms with Crippen LogP contribution in [0.15, 0.2) is 59.4 Å². The zero-order valence-corrected chi connectivity index (χ0v) is 21.8. The molecular formula is C30H34N2O4. The smallest absolute Gasteiger partial charge is 0.336 e. The summed E-state index contributed by atoms with van der Waals surface area (Å²) in [5, 5.41) is 17.0. The Labute approximate surface area is 212 Å². The number of ketones is 1. The van der Waals surface area contributed by atoms with E-state index in [4.69, 9.17) is 4.74 Å². The minimum absolute atomic E-state index is 0.0167. The molecule has 3 N–H and O–H groups in total. The Morgan fingerprint density at radius 3 is 2.44 bits per heavy atom. The van der Waals surface area contributed by atoms with Crippen LogP contribution in [0.25, 0.3) is 5.57 Å². The van der Waals surface area contributed by atoms with Gasteiger partial charge in [-0.3, -0.25) is 4.79 Å². The molecule has 2 aromatic rings. The highest BCUT2D eigenvalue weighted by Gasteiger charge is 2.32. The fourth-order valence-corrected chi connectivity index (χ4v) is 4.81. The third kappa shape index (κ3) is 4.61. The van der Waals surface area contributed by atoms with Crippen molar-refractivity contribution < 1.29 is 19.4 Å². The first-order valence-electron chi connectivity index (χ1n) is 12.5. The number of aromatic carboxylic acids is 1. The van der Waals surface area contributed by atoms with E-state index in [2.05, 4.69) is 30.6 Å². The number of aryl methyl sites for hydroxylation is 1. The summed E-state index contributed by atoms with van der Waals surface area (Å²) in [6, 6.07) is 8.91. The fraction of sp³-hybridized carbons (Fsp3) is 0.333. The summed E-state index contributed by atoms with van der Waals surface area (Å²) in [4.78, 5) is 25.3. The molecule has 1 heterocycles. The van der Waals surface area contributed by atoms with Crippen LogP contribution in [0.1, 0.15) is 72.0 Å². The van der Waals surface area contributed by atoms with Crippen molar-refractivity contribution in [1.29, 1.82) is 0 Å². The number of allylic oxidation sites excluding steroid dienone is 1. The second-order valence-corrected chi connectivity index (χ2v) is 9.62. The van der Waals surface area contributed by atoms with Crippen molar-refractivity contribution in [2.24, 2.45) is 5.92 Å². The molecule has 0 fully saturated rings. The minimum Gasteiger partial charge on any atom is -0.478 e. The van der Waals surface area contributed by atoms with Crippen molar-refractivity contribution in [2.45, 2.75) is 47.6 Å². The summed E-state index contributed by atoms with van der Waals surface area (Å²) in [7, 11) is 0. The highest BCUT2D eigenvalue weighted by Crippen LogP contribution is 2.46. The molecule has 2 aliphatic rings. The summed E-state index contributed by atoms with van der Waals surface area (Å²) < 4.78 is 6.44. The molecule has 4 rings (SSSR count).